The minimum atomic E-state index is -1.10. The van der Waals surface area contributed by atoms with Gasteiger partial charge in [0.2, 0.25) is 5.78 Å². The molecule has 3 aliphatic rings. The molecule has 0 spiro atoms. The molecule has 1 saturated carbocycles. The topological polar surface area (TPSA) is 57.5 Å². The molecule has 0 heterocycles. The molecule has 3 aliphatic carbocycles. The highest BCUT2D eigenvalue weighted by Crippen LogP contribution is 2.56. The van der Waals surface area contributed by atoms with E-state index in [0.29, 0.717) is 12.0 Å². The quantitative estimate of drug-likeness (QED) is 0.726. The maximum absolute atomic E-state index is 12.6. The number of carbonyl (C=O) groups excluding carboxylic acids is 1. The van der Waals surface area contributed by atoms with Crippen LogP contribution in [0, 0.1) is 17.3 Å². The standard InChI is InChI=1S/C18H24O3/c1-4-11-7-9-18(21)12-6-5-8-17(2,3)14(12)16(20)15(19)13(18)10-11/h4,10-12,20-21H,1,5-9H2,2-3H3/t11-,12+,18+/m1/s1. The molecule has 0 aromatic carbocycles. The summed E-state index contributed by atoms with van der Waals surface area (Å²) in [5, 5.41) is 21.7. The zero-order chi connectivity index (χ0) is 15.4. The lowest BCUT2D eigenvalue weighted by atomic mass is 9.55. The van der Waals surface area contributed by atoms with Crippen LogP contribution in [-0.4, -0.2) is 21.6 Å². The van der Waals surface area contributed by atoms with Gasteiger partial charge in [0, 0.05) is 11.5 Å². The summed E-state index contributed by atoms with van der Waals surface area (Å²) in [5.41, 5.74) is -0.159. The smallest absolute Gasteiger partial charge is 0.225 e. The number of ketones is 1. The van der Waals surface area contributed by atoms with Gasteiger partial charge in [0.15, 0.2) is 5.76 Å². The van der Waals surface area contributed by atoms with Crippen LogP contribution in [0.25, 0.3) is 0 Å². The van der Waals surface area contributed by atoms with E-state index in [4.69, 9.17) is 0 Å². The van der Waals surface area contributed by atoms with Crippen molar-refractivity contribution in [2.75, 3.05) is 0 Å². The number of hydrogen-bond donors (Lipinski definition) is 2. The Morgan fingerprint density at radius 1 is 1.33 bits per heavy atom. The Balaban J connectivity index is 2.19. The van der Waals surface area contributed by atoms with Gasteiger partial charge in [-0.15, -0.1) is 6.58 Å². The van der Waals surface area contributed by atoms with Crippen LogP contribution < -0.4 is 0 Å². The highest BCUT2D eigenvalue weighted by Gasteiger charge is 2.55. The van der Waals surface area contributed by atoms with Crippen molar-refractivity contribution in [3.8, 4) is 0 Å². The molecule has 3 rings (SSSR count). The van der Waals surface area contributed by atoms with E-state index in [1.165, 1.54) is 0 Å². The molecule has 3 atom stereocenters. The predicted molar refractivity (Wildman–Crippen MR) is 81.7 cm³/mol. The summed E-state index contributed by atoms with van der Waals surface area (Å²) in [4.78, 5) is 12.6. The molecule has 0 bridgehead atoms. The second-order valence-electron chi connectivity index (χ2n) is 7.36. The molecule has 0 amide bonds. The third-order valence-corrected chi connectivity index (χ3v) is 5.67. The largest absolute Gasteiger partial charge is 0.504 e. The molecule has 3 nitrogen and oxygen atoms in total. The normalized spacial score (nSPS) is 38.4. The Morgan fingerprint density at radius 2 is 2.05 bits per heavy atom. The van der Waals surface area contributed by atoms with Crippen molar-refractivity contribution in [2.24, 2.45) is 17.3 Å². The van der Waals surface area contributed by atoms with E-state index in [9.17, 15) is 15.0 Å². The molecule has 3 heteroatoms. The van der Waals surface area contributed by atoms with Crippen LogP contribution in [0.3, 0.4) is 0 Å². The monoisotopic (exact) mass is 288 g/mol. The number of hydrogen-bond acceptors (Lipinski definition) is 3. The van der Waals surface area contributed by atoms with Crippen LogP contribution in [0.15, 0.2) is 35.6 Å². The molecule has 0 aromatic rings. The van der Waals surface area contributed by atoms with Crippen molar-refractivity contribution >= 4 is 5.78 Å². The van der Waals surface area contributed by atoms with Crippen LogP contribution in [0.5, 0.6) is 0 Å². The fraction of sp³-hybridized carbons (Fsp3) is 0.611. The molecule has 0 unspecified atom stereocenters. The van der Waals surface area contributed by atoms with Gasteiger partial charge in [-0.2, -0.15) is 0 Å². The van der Waals surface area contributed by atoms with Crippen LogP contribution in [0.2, 0.25) is 0 Å². The summed E-state index contributed by atoms with van der Waals surface area (Å²) >= 11 is 0. The van der Waals surface area contributed by atoms with E-state index in [1.807, 2.05) is 6.08 Å². The number of fused-ring (bicyclic) bond motifs is 3. The molecule has 0 radical (unpaired) electrons. The Morgan fingerprint density at radius 3 is 2.71 bits per heavy atom. The van der Waals surface area contributed by atoms with Crippen LogP contribution in [-0.2, 0) is 4.79 Å². The molecule has 114 valence electrons. The van der Waals surface area contributed by atoms with Gasteiger partial charge in [0.05, 0.1) is 5.60 Å². The lowest BCUT2D eigenvalue weighted by Crippen LogP contribution is -2.53. The van der Waals surface area contributed by atoms with Gasteiger partial charge in [0.1, 0.15) is 0 Å². The predicted octanol–water partition coefficient (Wildman–Crippen LogP) is 3.46. The van der Waals surface area contributed by atoms with E-state index in [0.717, 1.165) is 31.3 Å². The van der Waals surface area contributed by atoms with Gasteiger partial charge in [-0.3, -0.25) is 4.79 Å². The first-order valence-corrected chi connectivity index (χ1v) is 7.87. The van der Waals surface area contributed by atoms with Crippen molar-refractivity contribution in [2.45, 2.75) is 51.6 Å². The third-order valence-electron chi connectivity index (χ3n) is 5.67. The average Bonchev–Trinajstić information content (AvgIpc) is 2.44. The summed E-state index contributed by atoms with van der Waals surface area (Å²) in [5.74, 6) is -0.526. The highest BCUT2D eigenvalue weighted by molar-refractivity contribution is 6.10. The van der Waals surface area contributed by atoms with Gasteiger partial charge in [0.25, 0.3) is 0 Å². The van der Waals surface area contributed by atoms with Crippen molar-refractivity contribution in [3.63, 3.8) is 0 Å². The first-order chi connectivity index (χ1) is 9.81. The van der Waals surface area contributed by atoms with E-state index in [2.05, 4.69) is 20.4 Å². The van der Waals surface area contributed by atoms with Crippen LogP contribution >= 0.6 is 0 Å². The number of carbonyl (C=O) groups is 1. The summed E-state index contributed by atoms with van der Waals surface area (Å²) in [6.45, 7) is 7.90. The first-order valence-electron chi connectivity index (χ1n) is 7.87. The van der Waals surface area contributed by atoms with E-state index < -0.39 is 5.60 Å². The molecule has 0 aromatic heterocycles. The summed E-state index contributed by atoms with van der Waals surface area (Å²) in [7, 11) is 0. The Kier molecular flexibility index (Phi) is 3.17. The fourth-order valence-electron chi connectivity index (χ4n) is 4.50. The van der Waals surface area contributed by atoms with Gasteiger partial charge in [-0.05, 0) is 42.6 Å². The summed E-state index contributed by atoms with van der Waals surface area (Å²) in [6, 6.07) is 0. The third kappa shape index (κ3) is 1.94. The highest BCUT2D eigenvalue weighted by atomic mass is 16.3. The molecular weight excluding hydrogens is 264 g/mol. The first kappa shape index (κ1) is 14.6. The van der Waals surface area contributed by atoms with Crippen molar-refractivity contribution in [1.82, 2.24) is 0 Å². The number of allylic oxidation sites excluding steroid dienone is 3. The maximum Gasteiger partial charge on any atom is 0.225 e. The van der Waals surface area contributed by atoms with E-state index >= 15 is 0 Å². The number of rotatable bonds is 1. The molecule has 0 saturated heterocycles. The zero-order valence-corrected chi connectivity index (χ0v) is 12.9. The Hall–Kier alpha value is -1.35. The minimum absolute atomic E-state index is 0.107. The maximum atomic E-state index is 12.6. The summed E-state index contributed by atoms with van der Waals surface area (Å²) in [6.07, 6.45) is 7.79. The van der Waals surface area contributed by atoms with Gasteiger partial charge >= 0.3 is 0 Å². The molecule has 2 N–H and O–H groups in total. The molecule has 21 heavy (non-hydrogen) atoms. The minimum Gasteiger partial charge on any atom is -0.504 e. The SMILES string of the molecule is C=C[C@H]1C=C2C(=O)C(O)=C3[C@H](CCCC3(C)C)[C@@]2(O)CC1. The second-order valence-corrected chi connectivity index (χ2v) is 7.36. The van der Waals surface area contributed by atoms with Gasteiger partial charge < -0.3 is 10.2 Å². The van der Waals surface area contributed by atoms with Crippen molar-refractivity contribution in [3.05, 3.63) is 35.6 Å². The number of aliphatic hydroxyl groups excluding tert-OH is 1. The van der Waals surface area contributed by atoms with Crippen LogP contribution in [0.1, 0.15) is 46.0 Å². The Bertz CT molecular complexity index is 567. The number of Topliss-reactive ketones (excluding diaryl/α,β-unsaturated/α-hetero) is 1. The molecular formula is C18H24O3. The average molecular weight is 288 g/mol. The Labute approximate surface area is 126 Å². The number of aliphatic hydroxyl groups is 2. The molecule has 0 aliphatic heterocycles. The van der Waals surface area contributed by atoms with Gasteiger partial charge in [-0.1, -0.05) is 32.4 Å². The molecule has 1 fully saturated rings. The van der Waals surface area contributed by atoms with Crippen LogP contribution in [0.4, 0.5) is 0 Å². The van der Waals surface area contributed by atoms with Crippen molar-refractivity contribution < 1.29 is 15.0 Å². The summed E-state index contributed by atoms with van der Waals surface area (Å²) < 4.78 is 0. The fourth-order valence-corrected chi connectivity index (χ4v) is 4.50. The van der Waals surface area contributed by atoms with E-state index in [1.54, 1.807) is 6.08 Å². The lowest BCUT2D eigenvalue weighted by Gasteiger charge is -2.51. The van der Waals surface area contributed by atoms with Gasteiger partial charge in [-0.25, -0.2) is 0 Å². The zero-order valence-electron chi connectivity index (χ0n) is 12.9. The van der Waals surface area contributed by atoms with E-state index in [-0.39, 0.29) is 28.8 Å². The van der Waals surface area contributed by atoms with Crippen molar-refractivity contribution in [1.29, 1.82) is 0 Å². The lowest BCUT2D eigenvalue weighted by molar-refractivity contribution is -0.121. The second kappa shape index (κ2) is 4.57.